The maximum absolute atomic E-state index is 12.6. The van der Waals surface area contributed by atoms with Crippen molar-refractivity contribution in [1.82, 2.24) is 10.4 Å². The van der Waals surface area contributed by atoms with Crippen molar-refractivity contribution in [2.75, 3.05) is 6.61 Å². The Balaban J connectivity index is 1.75. The van der Waals surface area contributed by atoms with Crippen LogP contribution in [0, 0.1) is 0 Å². The molecule has 0 aromatic heterocycles. The Kier molecular flexibility index (Phi) is 6.15. The van der Waals surface area contributed by atoms with Gasteiger partial charge in [-0.05, 0) is 67.2 Å². The van der Waals surface area contributed by atoms with E-state index in [9.17, 15) is 9.59 Å². The molecular weight excluding hydrogens is 404 g/mol. The van der Waals surface area contributed by atoms with Crippen LogP contribution in [-0.4, -0.2) is 27.8 Å². The summed E-state index contributed by atoms with van der Waals surface area (Å²) in [5, 5.41) is 1.60. The lowest BCUT2D eigenvalue weighted by Crippen LogP contribution is -2.44. The molecule has 0 radical (unpaired) electrons. The van der Waals surface area contributed by atoms with Crippen LogP contribution in [0.2, 0.25) is 5.02 Å². The van der Waals surface area contributed by atoms with Crippen LogP contribution in [0.5, 0.6) is 5.75 Å². The number of hydrazine groups is 1. The number of rotatable bonds is 5. The number of carbonyl (C=O) groups is 2. The molecule has 0 atom stereocenters. The fourth-order valence-corrected chi connectivity index (χ4v) is 3.65. The van der Waals surface area contributed by atoms with Gasteiger partial charge in [0, 0.05) is 10.6 Å². The highest BCUT2D eigenvalue weighted by Gasteiger charge is 2.33. The molecule has 1 aliphatic heterocycles. The highest BCUT2D eigenvalue weighted by molar-refractivity contribution is 8.26. The maximum atomic E-state index is 12.6. The fraction of sp³-hybridized carbons (Fsp3) is 0.105. The third-order valence-electron chi connectivity index (χ3n) is 3.58. The lowest BCUT2D eigenvalue weighted by atomic mass is 10.2. The fourth-order valence-electron chi connectivity index (χ4n) is 2.34. The van der Waals surface area contributed by atoms with Gasteiger partial charge in [-0.2, -0.15) is 5.01 Å². The van der Waals surface area contributed by atoms with Crippen LogP contribution in [0.1, 0.15) is 22.8 Å². The monoisotopic (exact) mass is 418 g/mol. The van der Waals surface area contributed by atoms with Gasteiger partial charge in [0.05, 0.1) is 11.5 Å². The molecule has 138 valence electrons. The number of hydrogen-bond donors (Lipinski definition) is 1. The van der Waals surface area contributed by atoms with Gasteiger partial charge in [0.15, 0.2) is 4.32 Å². The Bertz CT molecular complexity index is 929. The summed E-state index contributed by atoms with van der Waals surface area (Å²) in [6.45, 7) is 2.46. The van der Waals surface area contributed by atoms with Crippen molar-refractivity contribution >= 4 is 57.8 Å². The van der Waals surface area contributed by atoms with E-state index in [1.807, 2.05) is 31.2 Å². The Labute approximate surface area is 171 Å². The quantitative estimate of drug-likeness (QED) is 0.580. The highest BCUT2D eigenvalue weighted by Crippen LogP contribution is 2.32. The number of thiocarbonyl (C=S) groups is 1. The normalized spacial score (nSPS) is 15.3. The van der Waals surface area contributed by atoms with Gasteiger partial charge in [-0.15, -0.1) is 0 Å². The van der Waals surface area contributed by atoms with Crippen LogP contribution in [0.3, 0.4) is 0 Å². The minimum absolute atomic E-state index is 0.259. The molecule has 0 unspecified atom stereocenters. The molecule has 1 heterocycles. The zero-order chi connectivity index (χ0) is 19.4. The second-order valence-corrected chi connectivity index (χ2v) is 7.58. The van der Waals surface area contributed by atoms with Gasteiger partial charge in [-0.3, -0.25) is 15.0 Å². The standard InChI is InChI=1S/C19H15ClN2O3S2/c1-2-25-15-5-3-4-12(10-15)11-16-18(24)22(19(26)27-16)21-17(23)13-6-8-14(20)9-7-13/h3-11H,2H2,1H3,(H,21,23)/b16-11+. The highest BCUT2D eigenvalue weighted by atomic mass is 35.5. The summed E-state index contributed by atoms with van der Waals surface area (Å²) >= 11 is 12.2. The molecule has 2 aromatic carbocycles. The van der Waals surface area contributed by atoms with Crippen LogP contribution in [0.25, 0.3) is 6.08 Å². The summed E-state index contributed by atoms with van der Waals surface area (Å²) in [5.74, 6) is -0.102. The SMILES string of the molecule is CCOc1cccc(/C=C2/SC(=S)N(NC(=O)c3ccc(Cl)cc3)C2=O)c1. The van der Waals surface area contributed by atoms with E-state index in [0.29, 0.717) is 22.1 Å². The number of amides is 2. The lowest BCUT2D eigenvalue weighted by Gasteiger charge is -2.15. The Hall–Kier alpha value is -2.35. The van der Waals surface area contributed by atoms with E-state index in [4.69, 9.17) is 28.6 Å². The summed E-state index contributed by atoms with van der Waals surface area (Å²) in [6.07, 6.45) is 1.72. The lowest BCUT2D eigenvalue weighted by molar-refractivity contribution is -0.123. The first-order valence-corrected chi connectivity index (χ1v) is 9.65. The van der Waals surface area contributed by atoms with Crippen LogP contribution in [-0.2, 0) is 4.79 Å². The van der Waals surface area contributed by atoms with Crippen molar-refractivity contribution in [3.63, 3.8) is 0 Å². The molecule has 1 saturated heterocycles. The number of thioether (sulfide) groups is 1. The molecular formula is C19H15ClN2O3S2. The van der Waals surface area contributed by atoms with Gasteiger partial charge in [0.1, 0.15) is 5.75 Å². The predicted molar refractivity (Wildman–Crippen MR) is 112 cm³/mol. The molecule has 0 bridgehead atoms. The summed E-state index contributed by atoms with van der Waals surface area (Å²) in [5.41, 5.74) is 3.72. The number of benzene rings is 2. The summed E-state index contributed by atoms with van der Waals surface area (Å²) in [7, 11) is 0. The van der Waals surface area contributed by atoms with Crippen molar-refractivity contribution in [1.29, 1.82) is 0 Å². The van der Waals surface area contributed by atoms with Crippen molar-refractivity contribution in [3.8, 4) is 5.75 Å². The zero-order valence-corrected chi connectivity index (χ0v) is 16.7. The third-order valence-corrected chi connectivity index (χ3v) is 5.13. The van der Waals surface area contributed by atoms with E-state index in [1.54, 1.807) is 30.3 Å². The first-order chi connectivity index (χ1) is 13.0. The smallest absolute Gasteiger partial charge is 0.285 e. The van der Waals surface area contributed by atoms with Gasteiger partial charge in [0.2, 0.25) is 0 Å². The minimum atomic E-state index is -0.442. The van der Waals surface area contributed by atoms with E-state index in [2.05, 4.69) is 5.43 Å². The van der Waals surface area contributed by atoms with E-state index in [0.717, 1.165) is 28.1 Å². The van der Waals surface area contributed by atoms with Crippen molar-refractivity contribution in [2.24, 2.45) is 0 Å². The number of hydrogen-bond acceptors (Lipinski definition) is 5. The topological polar surface area (TPSA) is 58.6 Å². The molecule has 0 spiro atoms. The van der Waals surface area contributed by atoms with Gasteiger partial charge in [-0.1, -0.05) is 35.5 Å². The second-order valence-electron chi connectivity index (χ2n) is 5.47. The first kappa shape index (κ1) is 19.4. The Morgan fingerprint density at radius 2 is 2.04 bits per heavy atom. The zero-order valence-electron chi connectivity index (χ0n) is 14.3. The minimum Gasteiger partial charge on any atom is -0.494 e. The van der Waals surface area contributed by atoms with Gasteiger partial charge in [0.25, 0.3) is 11.8 Å². The van der Waals surface area contributed by atoms with Crippen LogP contribution in [0.4, 0.5) is 0 Å². The molecule has 1 N–H and O–H groups in total. The number of carbonyl (C=O) groups excluding carboxylic acids is 2. The average Bonchev–Trinajstić information content (AvgIpc) is 2.90. The molecule has 1 aliphatic rings. The predicted octanol–water partition coefficient (Wildman–Crippen LogP) is 4.28. The second kappa shape index (κ2) is 8.56. The van der Waals surface area contributed by atoms with Crippen molar-refractivity contribution < 1.29 is 14.3 Å². The third kappa shape index (κ3) is 4.68. The summed E-state index contributed by atoms with van der Waals surface area (Å²) in [4.78, 5) is 25.4. The van der Waals surface area contributed by atoms with E-state index < -0.39 is 5.91 Å². The van der Waals surface area contributed by atoms with Gasteiger partial charge in [-0.25, -0.2) is 0 Å². The van der Waals surface area contributed by atoms with E-state index in [1.165, 1.54) is 0 Å². The molecule has 0 aliphatic carbocycles. The number of halogens is 1. The first-order valence-electron chi connectivity index (χ1n) is 8.05. The molecule has 0 saturated carbocycles. The number of nitrogens with zero attached hydrogens (tertiary/aromatic N) is 1. The van der Waals surface area contributed by atoms with Gasteiger partial charge < -0.3 is 4.74 Å². The number of nitrogens with one attached hydrogen (secondary N) is 1. The van der Waals surface area contributed by atoms with Gasteiger partial charge >= 0.3 is 0 Å². The largest absolute Gasteiger partial charge is 0.494 e. The molecule has 2 aromatic rings. The Morgan fingerprint density at radius 1 is 1.30 bits per heavy atom. The summed E-state index contributed by atoms with van der Waals surface area (Å²) in [6, 6.07) is 13.7. The van der Waals surface area contributed by atoms with Crippen LogP contribution >= 0.6 is 35.6 Å². The molecule has 2 amide bonds. The number of ether oxygens (including phenoxy) is 1. The van der Waals surface area contributed by atoms with Crippen molar-refractivity contribution in [2.45, 2.75) is 6.92 Å². The molecule has 3 rings (SSSR count). The maximum Gasteiger partial charge on any atom is 0.285 e. The average molecular weight is 419 g/mol. The van der Waals surface area contributed by atoms with E-state index >= 15 is 0 Å². The van der Waals surface area contributed by atoms with Crippen molar-refractivity contribution in [3.05, 3.63) is 69.6 Å². The Morgan fingerprint density at radius 3 is 2.74 bits per heavy atom. The van der Waals surface area contributed by atoms with E-state index in [-0.39, 0.29) is 10.2 Å². The molecule has 1 fully saturated rings. The van der Waals surface area contributed by atoms with Crippen LogP contribution in [0.15, 0.2) is 53.4 Å². The summed E-state index contributed by atoms with van der Waals surface area (Å²) < 4.78 is 5.73. The van der Waals surface area contributed by atoms with Crippen LogP contribution < -0.4 is 10.2 Å². The molecule has 27 heavy (non-hydrogen) atoms. The molecule has 8 heteroatoms. The molecule has 5 nitrogen and oxygen atoms in total.